The number of anilines is 1. The maximum atomic E-state index is 10.5. The minimum atomic E-state index is -0.124. The van der Waals surface area contributed by atoms with E-state index in [-0.39, 0.29) is 5.66 Å². The van der Waals surface area contributed by atoms with E-state index in [0.29, 0.717) is 5.56 Å². The number of carbonyl (C=O) groups excluding carboxylic acids is 1. The van der Waals surface area contributed by atoms with Crippen molar-refractivity contribution < 1.29 is 4.79 Å². The van der Waals surface area contributed by atoms with Gasteiger partial charge in [-0.1, -0.05) is 0 Å². The van der Waals surface area contributed by atoms with E-state index in [1.165, 1.54) is 0 Å². The van der Waals surface area contributed by atoms with Gasteiger partial charge in [-0.3, -0.25) is 10.1 Å². The predicted octanol–water partition coefficient (Wildman–Crippen LogP) is 0.820. The van der Waals surface area contributed by atoms with E-state index in [1.54, 1.807) is 0 Å². The molecule has 0 spiro atoms. The highest BCUT2D eigenvalue weighted by Gasteiger charge is 2.25. The normalized spacial score (nSPS) is 25.1. The lowest BCUT2D eigenvalue weighted by Crippen LogP contribution is -2.61. The molecule has 1 aromatic rings. The highest BCUT2D eigenvalue weighted by molar-refractivity contribution is 5.75. The quantitative estimate of drug-likeness (QED) is 0.659. The van der Waals surface area contributed by atoms with E-state index < -0.39 is 0 Å². The van der Waals surface area contributed by atoms with Gasteiger partial charge in [0.15, 0.2) is 0 Å². The van der Waals surface area contributed by atoms with E-state index in [9.17, 15) is 4.79 Å². The van der Waals surface area contributed by atoms with Crippen molar-refractivity contribution >= 4 is 12.0 Å². The van der Waals surface area contributed by atoms with Gasteiger partial charge >= 0.3 is 0 Å². The Morgan fingerprint density at radius 1 is 1.31 bits per heavy atom. The van der Waals surface area contributed by atoms with Gasteiger partial charge in [0.2, 0.25) is 0 Å². The Morgan fingerprint density at radius 2 is 2.06 bits per heavy atom. The molecule has 0 bridgehead atoms. The molecule has 1 heterocycles. The minimum absolute atomic E-state index is 0.124. The van der Waals surface area contributed by atoms with Crippen molar-refractivity contribution in [1.82, 2.24) is 10.6 Å². The standard InChI is InChI=1S/C12H17N3O/c1-12(9-13-6-7-14-12)15-11-4-2-10(8-16)3-5-11/h2-5,8,13-15H,6-7,9H2,1H3/t12-/m1/s1. The van der Waals surface area contributed by atoms with Crippen molar-refractivity contribution in [3.63, 3.8) is 0 Å². The lowest BCUT2D eigenvalue weighted by Gasteiger charge is -2.37. The topological polar surface area (TPSA) is 53.2 Å². The summed E-state index contributed by atoms with van der Waals surface area (Å²) >= 11 is 0. The van der Waals surface area contributed by atoms with Gasteiger partial charge in [0.05, 0.1) is 5.66 Å². The molecule has 0 amide bonds. The average Bonchev–Trinajstić information content (AvgIpc) is 2.30. The van der Waals surface area contributed by atoms with Gasteiger partial charge in [0, 0.05) is 30.9 Å². The Bertz CT molecular complexity index is 355. The molecule has 0 aliphatic carbocycles. The molecule has 0 aromatic heterocycles. The summed E-state index contributed by atoms with van der Waals surface area (Å²) in [5, 5.41) is 10.2. The molecule has 1 aliphatic rings. The van der Waals surface area contributed by atoms with E-state index >= 15 is 0 Å². The lowest BCUT2D eigenvalue weighted by atomic mass is 10.1. The molecule has 2 rings (SSSR count). The number of aldehydes is 1. The molecule has 0 unspecified atom stereocenters. The number of hydrogen-bond acceptors (Lipinski definition) is 4. The van der Waals surface area contributed by atoms with Crippen LogP contribution in [-0.4, -0.2) is 31.6 Å². The number of benzene rings is 1. The molecule has 16 heavy (non-hydrogen) atoms. The van der Waals surface area contributed by atoms with E-state index in [4.69, 9.17) is 0 Å². The van der Waals surface area contributed by atoms with Crippen LogP contribution in [0.5, 0.6) is 0 Å². The first kappa shape index (κ1) is 11.1. The predicted molar refractivity (Wildman–Crippen MR) is 64.7 cm³/mol. The summed E-state index contributed by atoms with van der Waals surface area (Å²) in [6.07, 6.45) is 0.853. The molecule has 4 heteroatoms. The number of carbonyl (C=O) groups is 1. The summed E-state index contributed by atoms with van der Waals surface area (Å²) in [4.78, 5) is 10.5. The van der Waals surface area contributed by atoms with Gasteiger partial charge in [-0.15, -0.1) is 0 Å². The monoisotopic (exact) mass is 219 g/mol. The van der Waals surface area contributed by atoms with Crippen LogP contribution in [0.1, 0.15) is 17.3 Å². The number of hydrogen-bond donors (Lipinski definition) is 3. The average molecular weight is 219 g/mol. The third-order valence-electron chi connectivity index (χ3n) is 2.76. The van der Waals surface area contributed by atoms with Crippen LogP contribution in [0.25, 0.3) is 0 Å². The van der Waals surface area contributed by atoms with Crippen LogP contribution in [0.15, 0.2) is 24.3 Å². The second-order valence-electron chi connectivity index (χ2n) is 4.30. The van der Waals surface area contributed by atoms with Crippen LogP contribution in [0.3, 0.4) is 0 Å². The Hall–Kier alpha value is -1.39. The second-order valence-corrected chi connectivity index (χ2v) is 4.30. The van der Waals surface area contributed by atoms with E-state index in [2.05, 4.69) is 22.9 Å². The Kier molecular flexibility index (Phi) is 3.22. The Labute approximate surface area is 95.4 Å². The van der Waals surface area contributed by atoms with Crippen molar-refractivity contribution in [3.8, 4) is 0 Å². The molecular formula is C12H17N3O. The SMILES string of the molecule is C[C@@]1(Nc2ccc(C=O)cc2)CNCCN1. The molecule has 1 atom stereocenters. The van der Waals surface area contributed by atoms with Crippen LogP contribution in [0, 0.1) is 0 Å². The van der Waals surface area contributed by atoms with Crippen LogP contribution < -0.4 is 16.0 Å². The van der Waals surface area contributed by atoms with Crippen LogP contribution in [-0.2, 0) is 0 Å². The Morgan fingerprint density at radius 3 is 2.62 bits per heavy atom. The van der Waals surface area contributed by atoms with E-state index in [1.807, 2.05) is 24.3 Å². The summed E-state index contributed by atoms with van der Waals surface area (Å²) in [5.41, 5.74) is 1.59. The number of piperazine rings is 1. The number of rotatable bonds is 3. The van der Waals surface area contributed by atoms with E-state index in [0.717, 1.165) is 31.6 Å². The fourth-order valence-electron chi connectivity index (χ4n) is 1.88. The van der Waals surface area contributed by atoms with Crippen LogP contribution in [0.2, 0.25) is 0 Å². The highest BCUT2D eigenvalue weighted by atomic mass is 16.1. The van der Waals surface area contributed by atoms with Crippen molar-refractivity contribution in [1.29, 1.82) is 0 Å². The fourth-order valence-corrected chi connectivity index (χ4v) is 1.88. The van der Waals surface area contributed by atoms with Gasteiger partial charge in [-0.25, -0.2) is 0 Å². The molecule has 4 nitrogen and oxygen atoms in total. The molecule has 3 N–H and O–H groups in total. The fraction of sp³-hybridized carbons (Fsp3) is 0.417. The van der Waals surface area contributed by atoms with Crippen molar-refractivity contribution in [2.75, 3.05) is 25.0 Å². The first-order valence-corrected chi connectivity index (χ1v) is 5.51. The van der Waals surface area contributed by atoms with Crippen LogP contribution in [0.4, 0.5) is 5.69 Å². The third-order valence-corrected chi connectivity index (χ3v) is 2.76. The molecule has 1 aliphatic heterocycles. The maximum absolute atomic E-state index is 10.5. The molecule has 1 aromatic carbocycles. The largest absolute Gasteiger partial charge is 0.366 e. The molecular weight excluding hydrogens is 202 g/mol. The lowest BCUT2D eigenvalue weighted by molar-refractivity contribution is 0.112. The molecule has 0 radical (unpaired) electrons. The van der Waals surface area contributed by atoms with Crippen molar-refractivity contribution in [3.05, 3.63) is 29.8 Å². The van der Waals surface area contributed by atoms with Crippen molar-refractivity contribution in [2.45, 2.75) is 12.6 Å². The third kappa shape index (κ3) is 2.59. The van der Waals surface area contributed by atoms with Crippen LogP contribution >= 0.6 is 0 Å². The second kappa shape index (κ2) is 4.63. The van der Waals surface area contributed by atoms with Gasteiger partial charge < -0.3 is 10.6 Å². The van der Waals surface area contributed by atoms with Gasteiger partial charge in [-0.2, -0.15) is 0 Å². The summed E-state index contributed by atoms with van der Waals surface area (Å²) in [6, 6.07) is 7.47. The highest BCUT2D eigenvalue weighted by Crippen LogP contribution is 2.14. The molecule has 0 saturated carbocycles. The van der Waals surface area contributed by atoms with Gasteiger partial charge in [0.25, 0.3) is 0 Å². The molecule has 1 saturated heterocycles. The molecule has 86 valence electrons. The summed E-state index contributed by atoms with van der Waals surface area (Å²) in [5.74, 6) is 0. The molecule has 1 fully saturated rings. The zero-order chi connectivity index (χ0) is 11.4. The zero-order valence-electron chi connectivity index (χ0n) is 9.42. The summed E-state index contributed by atoms with van der Waals surface area (Å²) in [6.45, 7) is 4.95. The smallest absolute Gasteiger partial charge is 0.150 e. The summed E-state index contributed by atoms with van der Waals surface area (Å²) < 4.78 is 0. The summed E-state index contributed by atoms with van der Waals surface area (Å²) in [7, 11) is 0. The number of nitrogens with one attached hydrogen (secondary N) is 3. The first-order chi connectivity index (χ1) is 7.72. The van der Waals surface area contributed by atoms with Gasteiger partial charge in [0.1, 0.15) is 6.29 Å². The zero-order valence-corrected chi connectivity index (χ0v) is 9.42. The maximum Gasteiger partial charge on any atom is 0.150 e. The van der Waals surface area contributed by atoms with Crippen molar-refractivity contribution in [2.24, 2.45) is 0 Å². The first-order valence-electron chi connectivity index (χ1n) is 5.51. The Balaban J connectivity index is 2.04. The minimum Gasteiger partial charge on any atom is -0.366 e. The van der Waals surface area contributed by atoms with Gasteiger partial charge in [-0.05, 0) is 31.2 Å².